The predicted octanol–water partition coefficient (Wildman–Crippen LogP) is 7.50. The van der Waals surface area contributed by atoms with Gasteiger partial charge in [-0.05, 0) is 79.6 Å². The molecule has 0 aliphatic carbocycles. The van der Waals surface area contributed by atoms with Gasteiger partial charge >= 0.3 is 19.1 Å². The van der Waals surface area contributed by atoms with Crippen molar-refractivity contribution in [3.05, 3.63) is 159 Å². The third kappa shape index (κ3) is 13.3. The van der Waals surface area contributed by atoms with Gasteiger partial charge in [-0.3, -0.25) is 0 Å². The van der Waals surface area contributed by atoms with Crippen molar-refractivity contribution in [1.82, 2.24) is 19.9 Å². The maximum absolute atomic E-state index is 12.0. The van der Waals surface area contributed by atoms with Crippen LogP contribution in [0.1, 0.15) is 57.1 Å². The van der Waals surface area contributed by atoms with Crippen LogP contribution in [0.2, 0.25) is 15.2 Å². The lowest BCUT2D eigenvalue weighted by atomic mass is 9.80. The Labute approximate surface area is 351 Å². The first-order valence-corrected chi connectivity index (χ1v) is 18.9. The number of ether oxygens (including phenoxy) is 4. The zero-order valence-corrected chi connectivity index (χ0v) is 34.3. The number of esters is 2. The second-order valence-electron chi connectivity index (χ2n) is 12.0. The van der Waals surface area contributed by atoms with Crippen LogP contribution in [-0.4, -0.2) is 76.5 Å². The number of carbonyl (C=O) groups is 2. The molecule has 6 aromatic rings. The fourth-order valence-corrected chi connectivity index (χ4v) is 5.92. The minimum absolute atomic E-state index is 0.299. The molecule has 0 aliphatic rings. The van der Waals surface area contributed by atoms with E-state index in [0.29, 0.717) is 63.6 Å². The van der Waals surface area contributed by atoms with E-state index in [1.54, 1.807) is 75.6 Å². The quantitative estimate of drug-likeness (QED) is 0.0710. The van der Waals surface area contributed by atoms with E-state index in [9.17, 15) is 9.59 Å². The summed E-state index contributed by atoms with van der Waals surface area (Å²) in [4.78, 5) is 40.5. The second kappa shape index (κ2) is 23.0. The highest BCUT2D eigenvalue weighted by atomic mass is 35.5. The first-order chi connectivity index (χ1) is 28.0. The van der Waals surface area contributed by atoms with Crippen LogP contribution in [0.3, 0.4) is 0 Å². The largest absolute Gasteiger partial charge is 0.497 e. The Kier molecular flexibility index (Phi) is 17.9. The van der Waals surface area contributed by atoms with Crippen molar-refractivity contribution < 1.29 is 38.6 Å². The Morgan fingerprint density at radius 1 is 0.621 bits per heavy atom. The number of rotatable bonds is 12. The Balaban J connectivity index is 0.000000210. The number of hydrogen-bond donors (Lipinski definition) is 2. The molecule has 0 aliphatic heterocycles. The summed E-state index contributed by atoms with van der Waals surface area (Å²) in [6.45, 7) is 4.11. The molecule has 0 fully saturated rings. The van der Waals surface area contributed by atoms with Crippen molar-refractivity contribution >= 4 is 59.3 Å². The first-order valence-electron chi connectivity index (χ1n) is 17.8. The van der Waals surface area contributed by atoms with Crippen molar-refractivity contribution in [2.45, 2.75) is 26.7 Å². The summed E-state index contributed by atoms with van der Waals surface area (Å²) in [5, 5.41) is 18.7. The molecule has 300 valence electrons. The van der Waals surface area contributed by atoms with Gasteiger partial charge in [0.15, 0.2) is 0 Å². The summed E-state index contributed by atoms with van der Waals surface area (Å²) in [6.07, 6.45) is 4.00. The average molecular weight is 846 g/mol. The van der Waals surface area contributed by atoms with Crippen LogP contribution < -0.4 is 14.9 Å². The van der Waals surface area contributed by atoms with Crippen molar-refractivity contribution in [2.24, 2.45) is 0 Å². The first kappa shape index (κ1) is 45.1. The number of methoxy groups -OCH3 is 2. The van der Waals surface area contributed by atoms with Crippen LogP contribution in [0.15, 0.2) is 110 Å². The van der Waals surface area contributed by atoms with Crippen LogP contribution in [-0.2, 0) is 22.3 Å². The molecule has 0 saturated heterocycles. The molecule has 12 nitrogen and oxygen atoms in total. The molecule has 4 aromatic carbocycles. The summed E-state index contributed by atoms with van der Waals surface area (Å²) in [6, 6.07) is 28.6. The zero-order chi connectivity index (χ0) is 42.0. The predicted molar refractivity (Wildman–Crippen MR) is 224 cm³/mol. The molecule has 58 heavy (non-hydrogen) atoms. The summed E-state index contributed by atoms with van der Waals surface area (Å²) in [5.41, 5.74) is 6.16. The van der Waals surface area contributed by atoms with E-state index in [-0.39, 0.29) is 0 Å². The third-order valence-corrected chi connectivity index (χ3v) is 8.90. The Bertz CT molecular complexity index is 2300. The number of benzene rings is 4. The topological polar surface area (TPSA) is 163 Å². The van der Waals surface area contributed by atoms with Crippen LogP contribution in [0, 0.1) is 0 Å². The number of halogens is 3. The maximum Gasteiger partial charge on any atom is 0.492 e. The number of carbonyl (C=O) groups excluding carboxylic acids is 2. The monoisotopic (exact) mass is 844 g/mol. The minimum atomic E-state index is -1.47. The second-order valence-corrected chi connectivity index (χ2v) is 13.2. The highest BCUT2D eigenvalue weighted by molar-refractivity contribution is 6.59. The van der Waals surface area contributed by atoms with Gasteiger partial charge in [0.05, 0.1) is 54.3 Å². The highest BCUT2D eigenvalue weighted by Gasteiger charge is 2.16. The van der Waals surface area contributed by atoms with Crippen molar-refractivity contribution in [2.75, 3.05) is 27.4 Å². The van der Waals surface area contributed by atoms with Gasteiger partial charge in [-0.15, -0.1) is 0 Å². The van der Waals surface area contributed by atoms with E-state index in [1.165, 1.54) is 19.8 Å². The lowest BCUT2D eigenvalue weighted by molar-refractivity contribution is 0.0517. The Morgan fingerprint density at radius 3 is 1.62 bits per heavy atom. The normalized spacial score (nSPS) is 10.2. The maximum atomic E-state index is 12.0. The number of para-hydroxylation sites is 2. The molecule has 16 heteroatoms. The van der Waals surface area contributed by atoms with E-state index < -0.39 is 19.1 Å². The average Bonchev–Trinajstić information content (AvgIpc) is 3.23. The summed E-state index contributed by atoms with van der Waals surface area (Å²) < 4.78 is 20.3. The minimum Gasteiger partial charge on any atom is -0.497 e. The van der Waals surface area contributed by atoms with E-state index >= 15 is 0 Å². The zero-order valence-electron chi connectivity index (χ0n) is 32.1. The molecule has 0 unspecified atom stereocenters. The van der Waals surface area contributed by atoms with Gasteiger partial charge in [-0.1, -0.05) is 77.3 Å². The molecular formula is C42H40BCl3N4O8. The fourth-order valence-electron chi connectivity index (χ4n) is 5.36. The molecular weight excluding hydrogens is 806 g/mol. The van der Waals surface area contributed by atoms with E-state index in [0.717, 1.165) is 39.5 Å². The van der Waals surface area contributed by atoms with Gasteiger partial charge in [0.2, 0.25) is 0 Å². The molecule has 0 atom stereocenters. The van der Waals surface area contributed by atoms with Gasteiger partial charge in [-0.2, -0.15) is 0 Å². The van der Waals surface area contributed by atoms with Crippen molar-refractivity contribution in [3.63, 3.8) is 0 Å². The smallest absolute Gasteiger partial charge is 0.492 e. The molecule has 0 spiro atoms. The molecule has 2 N–H and O–H groups in total. The number of hydrogen-bond acceptors (Lipinski definition) is 12. The van der Waals surface area contributed by atoms with Crippen LogP contribution in [0.5, 0.6) is 11.5 Å². The van der Waals surface area contributed by atoms with Crippen LogP contribution in [0.25, 0.3) is 11.3 Å². The summed E-state index contributed by atoms with van der Waals surface area (Å²) >= 11 is 17.9. The van der Waals surface area contributed by atoms with Gasteiger partial charge in [0.25, 0.3) is 0 Å². The lowest BCUT2D eigenvalue weighted by Crippen LogP contribution is -2.30. The van der Waals surface area contributed by atoms with E-state index in [1.807, 2.05) is 42.5 Å². The van der Waals surface area contributed by atoms with Crippen LogP contribution >= 0.6 is 34.8 Å². The van der Waals surface area contributed by atoms with E-state index in [2.05, 4.69) is 19.9 Å². The van der Waals surface area contributed by atoms with Gasteiger partial charge < -0.3 is 29.0 Å². The number of nitrogens with zero attached hydrogens (tertiary/aromatic N) is 4. The van der Waals surface area contributed by atoms with Gasteiger partial charge in [0.1, 0.15) is 29.3 Å². The molecule has 2 aromatic heterocycles. The molecule has 0 amide bonds. The number of aromatic nitrogens is 4. The van der Waals surface area contributed by atoms with Crippen molar-refractivity contribution in [3.8, 4) is 22.8 Å². The summed E-state index contributed by atoms with van der Waals surface area (Å²) in [5.74, 6) is 0.377. The molecule has 0 saturated carbocycles. The molecule has 2 heterocycles. The standard InChI is InChI=1S/C21H19ClN2O3.C14H12Cl2N2O2.C7H9BO3/c1-3-27-21(25)17-11-14(8-9-18(17)22)10-15-12-19(24-13-23-15)16-6-4-5-7-20(16)26-2;1-2-20-14(19)11-6-9(3-4-12(11)15)5-10-7-13(16)18-8-17-10;1-11-7-5-3-2-4-6(7)8(9)10/h4-9,11-13H,3,10H2,1-2H3;3-4,6-8H,2,5H2,1H3;2-5,9-10H,1H3. The SMILES string of the molecule is CCOC(=O)c1cc(Cc2cc(-c3ccccc3OC)ncn2)ccc1Cl.CCOC(=O)c1cc(Cc2cc(Cl)ncn2)ccc1Cl.COc1ccccc1B(O)O. The fraction of sp³-hybridized carbons (Fsp3) is 0.190. The molecule has 6 rings (SSSR count). The summed E-state index contributed by atoms with van der Waals surface area (Å²) in [7, 11) is 1.65. The van der Waals surface area contributed by atoms with E-state index in [4.69, 9.17) is 63.8 Å². The Hall–Kier alpha value is -5.57. The van der Waals surface area contributed by atoms with Gasteiger partial charge in [0, 0.05) is 35.3 Å². The molecule has 0 radical (unpaired) electrons. The molecule has 0 bridgehead atoms. The van der Waals surface area contributed by atoms with Crippen molar-refractivity contribution in [1.29, 1.82) is 0 Å². The third-order valence-electron chi connectivity index (χ3n) is 8.04. The highest BCUT2D eigenvalue weighted by Crippen LogP contribution is 2.29. The lowest BCUT2D eigenvalue weighted by Gasteiger charge is -2.09. The Morgan fingerprint density at radius 2 is 1.12 bits per heavy atom. The van der Waals surface area contributed by atoms with Crippen LogP contribution in [0.4, 0.5) is 0 Å². The van der Waals surface area contributed by atoms with Gasteiger partial charge in [-0.25, -0.2) is 29.5 Å².